The van der Waals surface area contributed by atoms with Crippen molar-refractivity contribution >= 4 is 11.9 Å². The number of ether oxygens (including phenoxy) is 1. The molecule has 2 N–H and O–H groups in total. The van der Waals surface area contributed by atoms with Crippen molar-refractivity contribution in [2.24, 2.45) is 11.8 Å². The van der Waals surface area contributed by atoms with Crippen molar-refractivity contribution in [2.45, 2.75) is 71.3 Å². The molecule has 134 valence electrons. The smallest absolute Gasteiger partial charge is 0.332 e. The molecule has 1 aliphatic carbocycles. The van der Waals surface area contributed by atoms with E-state index in [1.807, 2.05) is 13.8 Å². The zero-order valence-electron chi connectivity index (χ0n) is 14.5. The summed E-state index contributed by atoms with van der Waals surface area (Å²) in [5.41, 5.74) is 0. The summed E-state index contributed by atoms with van der Waals surface area (Å²) in [6.45, 7) is 7.81. The number of aliphatic carboxylic acids is 1. The maximum absolute atomic E-state index is 11.5. The van der Waals surface area contributed by atoms with Gasteiger partial charge in [-0.05, 0) is 25.2 Å². The third kappa shape index (κ3) is 10.1. The van der Waals surface area contributed by atoms with E-state index in [-0.39, 0.29) is 11.9 Å². The molecule has 0 aromatic carbocycles. The molecule has 1 fully saturated rings. The minimum absolute atomic E-state index is 0.0585. The van der Waals surface area contributed by atoms with Gasteiger partial charge in [-0.2, -0.15) is 0 Å². The highest BCUT2D eigenvalue weighted by Crippen LogP contribution is 2.30. The lowest BCUT2D eigenvalue weighted by molar-refractivity contribution is -0.149. The van der Waals surface area contributed by atoms with Gasteiger partial charge in [0.1, 0.15) is 6.61 Å². The maximum atomic E-state index is 11.5. The SMILES string of the molecule is C=CCOC(=O)C(C)C1CCCCC1.CCCCC(O)C(=O)O. The summed E-state index contributed by atoms with van der Waals surface area (Å²) in [7, 11) is 0. The number of unbranched alkanes of at least 4 members (excludes halogenated alkanes) is 1. The molecule has 0 heterocycles. The number of esters is 1. The molecule has 0 bridgehead atoms. The Balaban J connectivity index is 0.000000468. The Morgan fingerprint density at radius 1 is 1.30 bits per heavy atom. The van der Waals surface area contributed by atoms with E-state index in [0.717, 1.165) is 12.8 Å². The van der Waals surface area contributed by atoms with Crippen LogP contribution >= 0.6 is 0 Å². The van der Waals surface area contributed by atoms with E-state index in [4.69, 9.17) is 14.9 Å². The second-order valence-electron chi connectivity index (χ2n) is 6.10. The molecule has 0 aromatic rings. The number of hydrogen-bond donors (Lipinski definition) is 2. The molecule has 0 aliphatic heterocycles. The first-order valence-electron chi connectivity index (χ1n) is 8.62. The first-order valence-corrected chi connectivity index (χ1v) is 8.62. The van der Waals surface area contributed by atoms with Crippen molar-refractivity contribution in [3.63, 3.8) is 0 Å². The summed E-state index contributed by atoms with van der Waals surface area (Å²) >= 11 is 0. The van der Waals surface area contributed by atoms with Gasteiger partial charge in [0.2, 0.25) is 0 Å². The Labute approximate surface area is 139 Å². The molecule has 23 heavy (non-hydrogen) atoms. The molecule has 2 atom stereocenters. The van der Waals surface area contributed by atoms with Crippen LogP contribution in [-0.2, 0) is 14.3 Å². The Hall–Kier alpha value is -1.36. The van der Waals surface area contributed by atoms with Crippen LogP contribution in [0.15, 0.2) is 12.7 Å². The fourth-order valence-corrected chi connectivity index (χ4v) is 2.62. The lowest BCUT2D eigenvalue weighted by Gasteiger charge is -2.25. The molecule has 0 radical (unpaired) electrons. The minimum atomic E-state index is -1.16. The Bertz CT molecular complexity index is 347. The molecular weight excluding hydrogens is 296 g/mol. The van der Waals surface area contributed by atoms with E-state index in [9.17, 15) is 9.59 Å². The lowest BCUT2D eigenvalue weighted by Crippen LogP contribution is -2.25. The van der Waals surface area contributed by atoms with E-state index in [0.29, 0.717) is 18.9 Å². The fourth-order valence-electron chi connectivity index (χ4n) is 2.62. The average Bonchev–Trinajstić information content (AvgIpc) is 2.58. The van der Waals surface area contributed by atoms with Gasteiger partial charge in [-0.25, -0.2) is 4.79 Å². The highest BCUT2D eigenvalue weighted by atomic mass is 16.5. The van der Waals surface area contributed by atoms with Crippen LogP contribution in [-0.4, -0.2) is 34.9 Å². The summed E-state index contributed by atoms with van der Waals surface area (Å²) in [6.07, 6.45) is 8.74. The highest BCUT2D eigenvalue weighted by Gasteiger charge is 2.26. The molecule has 5 heteroatoms. The van der Waals surface area contributed by atoms with E-state index >= 15 is 0 Å². The molecule has 0 amide bonds. The van der Waals surface area contributed by atoms with Gasteiger partial charge in [-0.1, -0.05) is 58.6 Å². The number of carboxylic acid groups (broad SMARTS) is 1. The van der Waals surface area contributed by atoms with E-state index in [2.05, 4.69) is 6.58 Å². The topological polar surface area (TPSA) is 83.8 Å². The van der Waals surface area contributed by atoms with Crippen LogP contribution in [0.1, 0.15) is 65.2 Å². The maximum Gasteiger partial charge on any atom is 0.332 e. The molecular formula is C18H32O5. The zero-order valence-corrected chi connectivity index (χ0v) is 14.5. The Morgan fingerprint density at radius 2 is 1.91 bits per heavy atom. The summed E-state index contributed by atoms with van der Waals surface area (Å²) in [5.74, 6) is -0.573. The second kappa shape index (κ2) is 13.1. The van der Waals surface area contributed by atoms with Gasteiger partial charge in [0.05, 0.1) is 5.92 Å². The number of aliphatic hydroxyl groups excluding tert-OH is 1. The van der Waals surface area contributed by atoms with Crippen LogP contribution in [0.25, 0.3) is 0 Å². The van der Waals surface area contributed by atoms with Crippen molar-refractivity contribution in [3.05, 3.63) is 12.7 Å². The Morgan fingerprint density at radius 3 is 2.39 bits per heavy atom. The zero-order chi connectivity index (χ0) is 17.7. The normalized spacial score (nSPS) is 17.3. The van der Waals surface area contributed by atoms with Crippen molar-refractivity contribution in [2.75, 3.05) is 6.61 Å². The molecule has 2 unspecified atom stereocenters. The summed E-state index contributed by atoms with van der Waals surface area (Å²) in [5, 5.41) is 16.8. The molecule has 1 rings (SSSR count). The summed E-state index contributed by atoms with van der Waals surface area (Å²) in [4.78, 5) is 21.5. The van der Waals surface area contributed by atoms with Crippen LogP contribution in [0.3, 0.4) is 0 Å². The minimum Gasteiger partial charge on any atom is -0.479 e. The Kier molecular flexibility index (Phi) is 12.3. The second-order valence-corrected chi connectivity index (χ2v) is 6.10. The van der Waals surface area contributed by atoms with Crippen LogP contribution in [0.5, 0.6) is 0 Å². The first kappa shape index (κ1) is 21.6. The van der Waals surface area contributed by atoms with Crippen molar-refractivity contribution < 1.29 is 24.5 Å². The number of hydrogen-bond acceptors (Lipinski definition) is 4. The van der Waals surface area contributed by atoms with Crippen LogP contribution < -0.4 is 0 Å². The third-order valence-corrected chi connectivity index (χ3v) is 4.19. The molecule has 1 saturated carbocycles. The van der Waals surface area contributed by atoms with Gasteiger partial charge >= 0.3 is 11.9 Å². The van der Waals surface area contributed by atoms with Crippen LogP contribution in [0.2, 0.25) is 0 Å². The molecule has 1 aliphatic rings. The fraction of sp³-hybridized carbons (Fsp3) is 0.778. The third-order valence-electron chi connectivity index (χ3n) is 4.19. The monoisotopic (exact) mass is 328 g/mol. The van der Waals surface area contributed by atoms with Crippen LogP contribution in [0.4, 0.5) is 0 Å². The molecule has 0 spiro atoms. The van der Waals surface area contributed by atoms with Gasteiger partial charge in [-0.15, -0.1) is 0 Å². The van der Waals surface area contributed by atoms with Crippen molar-refractivity contribution in [1.29, 1.82) is 0 Å². The first-order chi connectivity index (χ1) is 10.9. The molecule has 0 saturated heterocycles. The number of carboxylic acids is 1. The van der Waals surface area contributed by atoms with Gasteiger partial charge in [0.25, 0.3) is 0 Å². The lowest BCUT2D eigenvalue weighted by atomic mass is 9.81. The molecule has 0 aromatic heterocycles. The van der Waals surface area contributed by atoms with E-state index in [1.165, 1.54) is 32.1 Å². The van der Waals surface area contributed by atoms with Crippen molar-refractivity contribution in [3.8, 4) is 0 Å². The molecule has 5 nitrogen and oxygen atoms in total. The van der Waals surface area contributed by atoms with E-state index in [1.54, 1.807) is 6.08 Å². The highest BCUT2D eigenvalue weighted by molar-refractivity contribution is 5.72. The predicted molar refractivity (Wildman–Crippen MR) is 90.1 cm³/mol. The van der Waals surface area contributed by atoms with Gasteiger partial charge in [0.15, 0.2) is 6.10 Å². The van der Waals surface area contributed by atoms with Crippen molar-refractivity contribution in [1.82, 2.24) is 0 Å². The quantitative estimate of drug-likeness (QED) is 0.526. The number of aliphatic hydroxyl groups is 1. The average molecular weight is 328 g/mol. The van der Waals surface area contributed by atoms with Gasteiger partial charge in [-0.3, -0.25) is 4.79 Å². The van der Waals surface area contributed by atoms with Gasteiger partial charge < -0.3 is 14.9 Å². The predicted octanol–water partition coefficient (Wildman–Crippen LogP) is 3.55. The van der Waals surface area contributed by atoms with Gasteiger partial charge in [0, 0.05) is 0 Å². The number of carbonyl (C=O) groups excluding carboxylic acids is 1. The largest absolute Gasteiger partial charge is 0.479 e. The number of rotatable bonds is 8. The standard InChI is InChI=1S/C12H20O2.C6H12O3/c1-3-9-14-12(13)10(2)11-7-5-4-6-8-11;1-2-3-4-5(7)6(8)9/h3,10-11H,1,4-9H2,2H3;5,7H,2-4H2,1H3,(H,8,9). The summed E-state index contributed by atoms with van der Waals surface area (Å²) < 4.78 is 5.05. The van der Waals surface area contributed by atoms with Crippen LogP contribution in [0, 0.1) is 11.8 Å². The van der Waals surface area contributed by atoms with E-state index < -0.39 is 12.1 Å². The number of carbonyl (C=O) groups is 2. The summed E-state index contributed by atoms with van der Waals surface area (Å²) in [6, 6.07) is 0.